The first kappa shape index (κ1) is 19.5. The molecule has 26 heavy (non-hydrogen) atoms. The number of urea groups is 1. The minimum atomic E-state index is -1.07. The second kappa shape index (κ2) is 8.05. The molecule has 142 valence electrons. The Morgan fingerprint density at radius 1 is 1.38 bits per heavy atom. The monoisotopic (exact) mass is 365 g/mol. The van der Waals surface area contributed by atoms with Crippen molar-refractivity contribution in [3.63, 3.8) is 0 Å². The minimum Gasteiger partial charge on any atom is -0.495 e. The molecule has 3 N–H and O–H groups in total. The Kier molecular flexibility index (Phi) is 6.04. The summed E-state index contributed by atoms with van der Waals surface area (Å²) in [6.07, 6.45) is -0.288. The third-order valence-corrected chi connectivity index (χ3v) is 4.01. The Balaban J connectivity index is 2.28. The number of hydrogen-bond donors (Lipinski definition) is 3. The van der Waals surface area contributed by atoms with Crippen LogP contribution in [0, 0.1) is 0 Å². The van der Waals surface area contributed by atoms with Crippen LogP contribution in [0.2, 0.25) is 0 Å². The lowest BCUT2D eigenvalue weighted by Crippen LogP contribution is -2.50. The molecule has 1 heterocycles. The lowest BCUT2D eigenvalue weighted by Gasteiger charge is -2.28. The molecule has 0 bridgehead atoms. The van der Waals surface area contributed by atoms with E-state index in [9.17, 15) is 14.4 Å². The van der Waals surface area contributed by atoms with Crippen LogP contribution in [-0.4, -0.2) is 62.5 Å². The third-order valence-electron chi connectivity index (χ3n) is 4.01. The van der Waals surface area contributed by atoms with Gasteiger partial charge in [-0.05, 0) is 25.1 Å². The molecule has 3 amide bonds. The van der Waals surface area contributed by atoms with Crippen LogP contribution in [0.4, 0.5) is 10.5 Å². The quantitative estimate of drug-likeness (QED) is 0.628. The summed E-state index contributed by atoms with van der Waals surface area (Å²) in [7, 11) is 2.92. The van der Waals surface area contributed by atoms with E-state index in [1.54, 1.807) is 25.1 Å². The number of aliphatic carboxylic acids is 1. The standard InChI is InChI=1S/C17H23N3O6/c1-17(10-25-2,9-14(21)22)19-15(23)11-4-5-13(26-3)12(8-11)20-7-6-18-16(20)24/h4-5,8H,6-7,9-10H2,1-3H3,(H,18,24)(H,19,23)(H,21,22). The summed E-state index contributed by atoms with van der Waals surface area (Å²) in [6, 6.07) is 4.43. The summed E-state index contributed by atoms with van der Waals surface area (Å²) in [5.41, 5.74) is -0.307. The van der Waals surface area contributed by atoms with Crippen LogP contribution >= 0.6 is 0 Å². The van der Waals surface area contributed by atoms with E-state index in [0.717, 1.165) is 0 Å². The molecule has 1 fully saturated rings. The number of carboxylic acid groups (broad SMARTS) is 1. The summed E-state index contributed by atoms with van der Waals surface area (Å²) in [5.74, 6) is -1.05. The van der Waals surface area contributed by atoms with Crippen molar-refractivity contribution in [1.82, 2.24) is 10.6 Å². The Morgan fingerprint density at radius 3 is 2.65 bits per heavy atom. The Labute approximate surface area is 151 Å². The van der Waals surface area contributed by atoms with Crippen molar-refractivity contribution in [1.29, 1.82) is 0 Å². The summed E-state index contributed by atoms with van der Waals surface area (Å²) in [4.78, 5) is 37.1. The SMILES string of the molecule is COCC(C)(CC(=O)O)NC(=O)c1ccc(OC)c(N2CCNC2=O)c1. The summed E-state index contributed by atoms with van der Waals surface area (Å²) in [5, 5.41) is 14.5. The number of carbonyl (C=O) groups is 3. The summed E-state index contributed by atoms with van der Waals surface area (Å²) < 4.78 is 10.3. The van der Waals surface area contributed by atoms with Gasteiger partial charge in [0.25, 0.3) is 5.91 Å². The van der Waals surface area contributed by atoms with Gasteiger partial charge in [-0.15, -0.1) is 0 Å². The van der Waals surface area contributed by atoms with Crippen molar-refractivity contribution in [3.8, 4) is 5.75 Å². The number of anilines is 1. The van der Waals surface area contributed by atoms with Gasteiger partial charge in [0.2, 0.25) is 0 Å². The first-order chi connectivity index (χ1) is 12.3. The Morgan fingerprint density at radius 2 is 2.12 bits per heavy atom. The van der Waals surface area contributed by atoms with Gasteiger partial charge in [-0.3, -0.25) is 14.5 Å². The van der Waals surface area contributed by atoms with Crippen LogP contribution in [0.25, 0.3) is 0 Å². The Hall–Kier alpha value is -2.81. The van der Waals surface area contributed by atoms with Crippen molar-refractivity contribution < 1.29 is 29.0 Å². The molecule has 0 spiro atoms. The zero-order valence-electron chi connectivity index (χ0n) is 15.0. The van der Waals surface area contributed by atoms with Crippen LogP contribution in [0.3, 0.4) is 0 Å². The van der Waals surface area contributed by atoms with Gasteiger partial charge in [0.05, 0.1) is 31.4 Å². The fourth-order valence-corrected chi connectivity index (χ4v) is 2.87. The van der Waals surface area contributed by atoms with Gasteiger partial charge in [0.15, 0.2) is 0 Å². The normalized spacial score (nSPS) is 16.0. The molecule has 0 aliphatic carbocycles. The van der Waals surface area contributed by atoms with Gasteiger partial charge in [0, 0.05) is 25.8 Å². The van der Waals surface area contributed by atoms with E-state index in [1.165, 1.54) is 19.1 Å². The number of methoxy groups -OCH3 is 2. The van der Waals surface area contributed by atoms with Gasteiger partial charge >= 0.3 is 12.0 Å². The third kappa shape index (κ3) is 4.42. The minimum absolute atomic E-state index is 0.0442. The molecule has 0 saturated carbocycles. The van der Waals surface area contributed by atoms with Crippen LogP contribution in [-0.2, 0) is 9.53 Å². The number of carbonyl (C=O) groups excluding carboxylic acids is 2. The zero-order valence-corrected chi connectivity index (χ0v) is 15.0. The van der Waals surface area contributed by atoms with E-state index in [4.69, 9.17) is 14.6 Å². The second-order valence-electron chi connectivity index (χ2n) is 6.29. The molecule has 1 aromatic rings. The predicted octanol–water partition coefficient (Wildman–Crippen LogP) is 0.834. The largest absolute Gasteiger partial charge is 0.495 e. The maximum Gasteiger partial charge on any atom is 0.322 e. The molecule has 1 aromatic carbocycles. The lowest BCUT2D eigenvalue weighted by molar-refractivity contribution is -0.139. The van der Waals surface area contributed by atoms with Crippen LogP contribution in [0.1, 0.15) is 23.7 Å². The molecule has 1 aliphatic rings. The van der Waals surface area contributed by atoms with Crippen LogP contribution in [0.15, 0.2) is 18.2 Å². The highest BCUT2D eigenvalue weighted by atomic mass is 16.5. The van der Waals surface area contributed by atoms with Crippen molar-refractivity contribution in [2.24, 2.45) is 0 Å². The van der Waals surface area contributed by atoms with E-state index >= 15 is 0 Å². The topological polar surface area (TPSA) is 117 Å². The van der Waals surface area contributed by atoms with E-state index in [2.05, 4.69) is 10.6 Å². The van der Waals surface area contributed by atoms with Crippen molar-refractivity contribution in [2.45, 2.75) is 18.9 Å². The Bertz CT molecular complexity index is 708. The predicted molar refractivity (Wildman–Crippen MR) is 93.7 cm³/mol. The molecule has 1 atom stereocenters. The first-order valence-corrected chi connectivity index (χ1v) is 8.06. The lowest BCUT2D eigenvalue weighted by atomic mass is 9.98. The van der Waals surface area contributed by atoms with Gasteiger partial charge in [-0.1, -0.05) is 0 Å². The molecule has 0 radical (unpaired) electrons. The molecule has 1 aliphatic heterocycles. The molecular weight excluding hydrogens is 342 g/mol. The zero-order chi connectivity index (χ0) is 19.3. The van der Waals surface area contributed by atoms with Crippen LogP contribution < -0.4 is 20.3 Å². The highest BCUT2D eigenvalue weighted by molar-refractivity contribution is 6.00. The smallest absolute Gasteiger partial charge is 0.322 e. The number of rotatable bonds is 8. The number of carboxylic acids is 1. The number of ether oxygens (including phenoxy) is 2. The van der Waals surface area contributed by atoms with E-state index < -0.39 is 17.4 Å². The molecular formula is C17H23N3O6. The second-order valence-corrected chi connectivity index (χ2v) is 6.29. The summed E-state index contributed by atoms with van der Waals surface area (Å²) >= 11 is 0. The van der Waals surface area contributed by atoms with Gasteiger partial charge in [0.1, 0.15) is 5.75 Å². The van der Waals surface area contributed by atoms with E-state index in [-0.39, 0.29) is 24.6 Å². The number of hydrogen-bond acceptors (Lipinski definition) is 5. The number of benzene rings is 1. The number of nitrogens with zero attached hydrogens (tertiary/aromatic N) is 1. The highest BCUT2D eigenvalue weighted by Crippen LogP contribution is 2.30. The average Bonchev–Trinajstić information content (AvgIpc) is 2.99. The number of amides is 3. The maximum absolute atomic E-state index is 12.6. The number of nitrogens with one attached hydrogen (secondary N) is 2. The maximum atomic E-state index is 12.6. The average molecular weight is 365 g/mol. The van der Waals surface area contributed by atoms with Gasteiger partial charge < -0.3 is 25.2 Å². The van der Waals surface area contributed by atoms with Crippen molar-refractivity contribution in [2.75, 3.05) is 38.8 Å². The van der Waals surface area contributed by atoms with Gasteiger partial charge in [-0.25, -0.2) is 4.79 Å². The van der Waals surface area contributed by atoms with Crippen LogP contribution in [0.5, 0.6) is 5.75 Å². The van der Waals surface area contributed by atoms with E-state index in [0.29, 0.717) is 24.5 Å². The van der Waals surface area contributed by atoms with Crippen molar-refractivity contribution >= 4 is 23.6 Å². The van der Waals surface area contributed by atoms with Gasteiger partial charge in [-0.2, -0.15) is 0 Å². The molecule has 9 heteroatoms. The summed E-state index contributed by atoms with van der Waals surface area (Å²) in [6.45, 7) is 2.60. The molecule has 2 rings (SSSR count). The molecule has 9 nitrogen and oxygen atoms in total. The van der Waals surface area contributed by atoms with E-state index in [1.807, 2.05) is 0 Å². The molecule has 1 saturated heterocycles. The fourth-order valence-electron chi connectivity index (χ4n) is 2.87. The van der Waals surface area contributed by atoms with Crippen molar-refractivity contribution in [3.05, 3.63) is 23.8 Å². The molecule has 0 aromatic heterocycles. The highest BCUT2D eigenvalue weighted by Gasteiger charge is 2.31. The molecule has 1 unspecified atom stereocenters. The first-order valence-electron chi connectivity index (χ1n) is 8.06. The fraction of sp³-hybridized carbons (Fsp3) is 0.471.